The lowest BCUT2D eigenvalue weighted by Crippen LogP contribution is -2.28. The molecular formula is C15H15N5O. The van der Waals surface area contributed by atoms with Crippen LogP contribution in [0.3, 0.4) is 0 Å². The van der Waals surface area contributed by atoms with Crippen LogP contribution in [0.2, 0.25) is 0 Å². The fourth-order valence-corrected chi connectivity index (χ4v) is 2.22. The predicted octanol–water partition coefficient (Wildman–Crippen LogP) is 2.03. The van der Waals surface area contributed by atoms with Crippen molar-refractivity contribution in [3.63, 3.8) is 0 Å². The number of anilines is 1. The van der Waals surface area contributed by atoms with E-state index in [4.69, 9.17) is 5.73 Å². The van der Waals surface area contributed by atoms with Crippen molar-refractivity contribution in [2.24, 2.45) is 0 Å². The number of carbonyl (C=O) groups excluding carboxylic acids is 1. The number of hydrogen-bond acceptors (Lipinski definition) is 4. The molecule has 0 aliphatic heterocycles. The Morgan fingerprint density at radius 3 is 2.67 bits per heavy atom. The summed E-state index contributed by atoms with van der Waals surface area (Å²) in [5.41, 5.74) is 6.90. The number of nitrogens with one attached hydrogen (secondary N) is 2. The van der Waals surface area contributed by atoms with Crippen LogP contribution < -0.4 is 11.1 Å². The molecule has 1 unspecified atom stereocenters. The molecule has 3 aromatic rings. The molecule has 0 saturated carbocycles. The summed E-state index contributed by atoms with van der Waals surface area (Å²) in [5.74, 6) is 0.366. The third-order valence-corrected chi connectivity index (χ3v) is 3.35. The first kappa shape index (κ1) is 13.1. The highest BCUT2D eigenvalue weighted by atomic mass is 16.1. The summed E-state index contributed by atoms with van der Waals surface area (Å²) in [4.78, 5) is 16.4. The van der Waals surface area contributed by atoms with E-state index >= 15 is 0 Å². The van der Waals surface area contributed by atoms with E-state index in [1.165, 1.54) is 6.33 Å². The molecule has 6 heteroatoms. The molecule has 6 nitrogen and oxygen atoms in total. The van der Waals surface area contributed by atoms with Crippen LogP contribution in [-0.2, 0) is 0 Å². The van der Waals surface area contributed by atoms with Crippen molar-refractivity contribution >= 4 is 22.4 Å². The van der Waals surface area contributed by atoms with E-state index in [1.54, 1.807) is 6.07 Å². The first-order chi connectivity index (χ1) is 10.1. The van der Waals surface area contributed by atoms with Crippen LogP contribution in [0.5, 0.6) is 0 Å². The van der Waals surface area contributed by atoms with E-state index in [-0.39, 0.29) is 11.9 Å². The Morgan fingerprint density at radius 2 is 2.00 bits per heavy atom. The number of aromatic nitrogens is 3. The Kier molecular flexibility index (Phi) is 3.27. The highest BCUT2D eigenvalue weighted by Gasteiger charge is 2.16. The lowest BCUT2D eigenvalue weighted by molar-refractivity contribution is 0.0939. The second-order valence-corrected chi connectivity index (χ2v) is 4.85. The zero-order chi connectivity index (χ0) is 14.8. The first-order valence-electron chi connectivity index (χ1n) is 6.59. The molecular weight excluding hydrogens is 266 g/mol. The molecule has 0 fully saturated rings. The van der Waals surface area contributed by atoms with Crippen LogP contribution in [0.15, 0.2) is 42.7 Å². The molecule has 0 aliphatic rings. The Bertz CT molecular complexity index is 782. The van der Waals surface area contributed by atoms with E-state index in [0.717, 1.165) is 10.8 Å². The van der Waals surface area contributed by atoms with Crippen molar-refractivity contribution in [1.82, 2.24) is 20.5 Å². The second kappa shape index (κ2) is 5.24. The Hall–Kier alpha value is -2.89. The first-order valence-corrected chi connectivity index (χ1v) is 6.59. The van der Waals surface area contributed by atoms with Crippen molar-refractivity contribution < 1.29 is 4.79 Å². The number of nitrogens with zero attached hydrogens (tertiary/aromatic N) is 2. The molecule has 2 aromatic carbocycles. The Balaban J connectivity index is 1.89. The summed E-state index contributed by atoms with van der Waals surface area (Å²) in [6.07, 6.45) is 1.41. The zero-order valence-corrected chi connectivity index (χ0v) is 11.5. The molecule has 0 aliphatic carbocycles. The van der Waals surface area contributed by atoms with Crippen LogP contribution in [0.25, 0.3) is 10.8 Å². The van der Waals surface area contributed by atoms with E-state index < -0.39 is 0 Å². The average molecular weight is 281 g/mol. The standard InChI is InChI=1S/C15H15N5O/c1-9(14-17-8-18-20-14)19-15(21)12-6-10-4-2-3-5-11(10)7-13(12)16/h2-9H,16H2,1H3,(H,19,21)(H,17,18,20). The molecule has 1 atom stereocenters. The molecule has 21 heavy (non-hydrogen) atoms. The van der Waals surface area contributed by atoms with Gasteiger partial charge in [-0.1, -0.05) is 24.3 Å². The van der Waals surface area contributed by atoms with Crippen molar-refractivity contribution in [2.45, 2.75) is 13.0 Å². The molecule has 0 saturated heterocycles. The van der Waals surface area contributed by atoms with E-state index in [9.17, 15) is 4.79 Å². The van der Waals surface area contributed by atoms with Crippen LogP contribution in [0.1, 0.15) is 29.1 Å². The van der Waals surface area contributed by atoms with Gasteiger partial charge in [0, 0.05) is 5.69 Å². The van der Waals surface area contributed by atoms with Gasteiger partial charge >= 0.3 is 0 Å². The molecule has 0 radical (unpaired) electrons. The van der Waals surface area contributed by atoms with Gasteiger partial charge in [0.15, 0.2) is 0 Å². The van der Waals surface area contributed by atoms with Gasteiger partial charge < -0.3 is 11.1 Å². The molecule has 4 N–H and O–H groups in total. The van der Waals surface area contributed by atoms with Gasteiger partial charge in [-0.3, -0.25) is 9.89 Å². The monoisotopic (exact) mass is 281 g/mol. The van der Waals surface area contributed by atoms with Gasteiger partial charge in [-0.2, -0.15) is 5.10 Å². The fraction of sp³-hybridized carbons (Fsp3) is 0.133. The third-order valence-electron chi connectivity index (χ3n) is 3.35. The minimum atomic E-state index is -0.272. The number of nitrogen functional groups attached to an aromatic ring is 1. The van der Waals surface area contributed by atoms with Gasteiger partial charge in [0.1, 0.15) is 12.2 Å². The predicted molar refractivity (Wildman–Crippen MR) is 80.6 cm³/mol. The maximum Gasteiger partial charge on any atom is 0.253 e. The van der Waals surface area contributed by atoms with Crippen LogP contribution in [-0.4, -0.2) is 21.1 Å². The summed E-state index contributed by atoms with van der Waals surface area (Å²) in [7, 11) is 0. The van der Waals surface area contributed by atoms with Gasteiger partial charge in [-0.05, 0) is 29.8 Å². The number of benzene rings is 2. The summed E-state index contributed by atoms with van der Waals surface area (Å²) < 4.78 is 0. The Labute approximate surface area is 121 Å². The van der Waals surface area contributed by atoms with Crippen molar-refractivity contribution in [3.8, 4) is 0 Å². The van der Waals surface area contributed by atoms with Gasteiger partial charge in [-0.15, -0.1) is 0 Å². The average Bonchev–Trinajstić information content (AvgIpc) is 3.00. The van der Waals surface area contributed by atoms with Crippen molar-refractivity contribution in [3.05, 3.63) is 54.1 Å². The number of hydrogen-bond donors (Lipinski definition) is 3. The van der Waals surface area contributed by atoms with E-state index in [2.05, 4.69) is 20.5 Å². The van der Waals surface area contributed by atoms with Gasteiger partial charge in [0.05, 0.1) is 11.6 Å². The number of aromatic amines is 1. The number of nitrogens with two attached hydrogens (primary N) is 1. The molecule has 3 rings (SSSR count). The number of rotatable bonds is 3. The minimum absolute atomic E-state index is 0.234. The smallest absolute Gasteiger partial charge is 0.253 e. The molecule has 0 spiro atoms. The summed E-state index contributed by atoms with van der Waals surface area (Å²) in [6, 6.07) is 11.1. The lowest BCUT2D eigenvalue weighted by atomic mass is 10.0. The maximum atomic E-state index is 12.4. The normalized spacial score (nSPS) is 12.2. The van der Waals surface area contributed by atoms with Crippen LogP contribution >= 0.6 is 0 Å². The van der Waals surface area contributed by atoms with E-state index in [1.807, 2.05) is 37.3 Å². The number of amides is 1. The number of carbonyl (C=O) groups is 1. The zero-order valence-electron chi connectivity index (χ0n) is 11.5. The van der Waals surface area contributed by atoms with Crippen molar-refractivity contribution in [1.29, 1.82) is 0 Å². The minimum Gasteiger partial charge on any atom is -0.398 e. The quantitative estimate of drug-likeness (QED) is 0.640. The molecule has 1 amide bonds. The number of fused-ring (bicyclic) bond motifs is 1. The fourth-order valence-electron chi connectivity index (χ4n) is 2.22. The summed E-state index contributed by atoms with van der Waals surface area (Å²) in [6.45, 7) is 1.83. The van der Waals surface area contributed by atoms with Crippen molar-refractivity contribution in [2.75, 3.05) is 5.73 Å². The SMILES string of the molecule is CC(NC(=O)c1cc2ccccc2cc1N)c1ncn[nH]1. The topological polar surface area (TPSA) is 96.7 Å². The maximum absolute atomic E-state index is 12.4. The van der Waals surface area contributed by atoms with Gasteiger partial charge in [0.25, 0.3) is 5.91 Å². The lowest BCUT2D eigenvalue weighted by Gasteiger charge is -2.13. The van der Waals surface area contributed by atoms with Gasteiger partial charge in [0.2, 0.25) is 0 Å². The van der Waals surface area contributed by atoms with Gasteiger partial charge in [-0.25, -0.2) is 4.98 Å². The molecule has 1 aromatic heterocycles. The summed E-state index contributed by atoms with van der Waals surface area (Å²) in [5, 5.41) is 11.3. The van der Waals surface area contributed by atoms with Crippen LogP contribution in [0, 0.1) is 0 Å². The van der Waals surface area contributed by atoms with Crippen LogP contribution in [0.4, 0.5) is 5.69 Å². The molecule has 0 bridgehead atoms. The largest absolute Gasteiger partial charge is 0.398 e. The number of H-pyrrole nitrogens is 1. The summed E-state index contributed by atoms with van der Waals surface area (Å²) >= 11 is 0. The third kappa shape index (κ3) is 2.55. The highest BCUT2D eigenvalue weighted by molar-refractivity contribution is 6.04. The molecule has 1 heterocycles. The Morgan fingerprint density at radius 1 is 1.29 bits per heavy atom. The highest BCUT2D eigenvalue weighted by Crippen LogP contribution is 2.22. The molecule has 106 valence electrons. The van der Waals surface area contributed by atoms with E-state index in [0.29, 0.717) is 17.1 Å². The second-order valence-electron chi connectivity index (χ2n) is 4.85.